The van der Waals surface area contributed by atoms with Crippen LogP contribution in [-0.2, 0) is 6.42 Å². The average Bonchev–Trinajstić information content (AvgIpc) is 2.82. The fourth-order valence-electron chi connectivity index (χ4n) is 3.45. The summed E-state index contributed by atoms with van der Waals surface area (Å²) < 4.78 is 0. The molecule has 1 aromatic rings. The Labute approximate surface area is 128 Å². The fraction of sp³-hybridized carbons (Fsp3) is 0.824. The van der Waals surface area contributed by atoms with E-state index < -0.39 is 0 Å². The van der Waals surface area contributed by atoms with Crippen LogP contribution in [0.2, 0.25) is 0 Å². The SMILES string of the molecule is CCCNC1CCC(C(C)C)CC1Cc1nc(C)cs1. The van der Waals surface area contributed by atoms with Gasteiger partial charge in [-0.15, -0.1) is 11.3 Å². The maximum atomic E-state index is 4.68. The first-order chi connectivity index (χ1) is 9.60. The second-order valence-electron chi connectivity index (χ2n) is 6.72. The Balaban J connectivity index is 2.00. The van der Waals surface area contributed by atoms with E-state index in [1.54, 1.807) is 0 Å². The summed E-state index contributed by atoms with van der Waals surface area (Å²) >= 11 is 1.84. The van der Waals surface area contributed by atoms with E-state index in [0.717, 1.165) is 24.3 Å². The molecule has 1 aromatic heterocycles. The molecule has 0 spiro atoms. The Bertz CT molecular complexity index is 399. The molecule has 3 heteroatoms. The second kappa shape index (κ2) is 7.56. The van der Waals surface area contributed by atoms with Gasteiger partial charge >= 0.3 is 0 Å². The molecule has 0 amide bonds. The van der Waals surface area contributed by atoms with Crippen LogP contribution in [0.3, 0.4) is 0 Å². The summed E-state index contributed by atoms with van der Waals surface area (Å²) in [6.45, 7) is 10.3. The summed E-state index contributed by atoms with van der Waals surface area (Å²) in [4.78, 5) is 4.68. The highest BCUT2D eigenvalue weighted by Gasteiger charge is 2.31. The van der Waals surface area contributed by atoms with E-state index in [9.17, 15) is 0 Å². The first kappa shape index (κ1) is 16.0. The van der Waals surface area contributed by atoms with Gasteiger partial charge in [-0.1, -0.05) is 20.8 Å². The Kier molecular flexibility index (Phi) is 6.03. The standard InChI is InChI=1S/C17H30N2S/c1-5-8-18-16-7-6-14(12(2)3)9-15(16)10-17-19-13(4)11-20-17/h11-12,14-16,18H,5-10H2,1-4H3. The van der Waals surface area contributed by atoms with Crippen molar-refractivity contribution in [3.8, 4) is 0 Å². The molecule has 3 atom stereocenters. The van der Waals surface area contributed by atoms with Crippen LogP contribution in [0.5, 0.6) is 0 Å². The zero-order valence-electron chi connectivity index (χ0n) is 13.5. The fourth-order valence-corrected chi connectivity index (χ4v) is 4.32. The van der Waals surface area contributed by atoms with E-state index in [-0.39, 0.29) is 0 Å². The lowest BCUT2D eigenvalue weighted by atomic mass is 9.72. The van der Waals surface area contributed by atoms with Crippen LogP contribution in [0.1, 0.15) is 57.2 Å². The molecular weight excluding hydrogens is 264 g/mol. The Morgan fingerprint density at radius 1 is 1.40 bits per heavy atom. The van der Waals surface area contributed by atoms with Crippen molar-refractivity contribution < 1.29 is 0 Å². The highest BCUT2D eigenvalue weighted by atomic mass is 32.1. The number of aryl methyl sites for hydroxylation is 1. The third-order valence-corrected chi connectivity index (χ3v) is 5.71. The minimum atomic E-state index is 0.703. The topological polar surface area (TPSA) is 24.9 Å². The van der Waals surface area contributed by atoms with E-state index in [4.69, 9.17) is 0 Å². The molecular formula is C17H30N2S. The summed E-state index contributed by atoms with van der Waals surface area (Å²) in [7, 11) is 0. The third kappa shape index (κ3) is 4.29. The van der Waals surface area contributed by atoms with E-state index >= 15 is 0 Å². The first-order valence-corrected chi connectivity index (χ1v) is 9.12. The zero-order chi connectivity index (χ0) is 14.5. The van der Waals surface area contributed by atoms with Crippen molar-refractivity contribution in [2.75, 3.05) is 6.54 Å². The normalized spacial score (nSPS) is 27.1. The van der Waals surface area contributed by atoms with E-state index in [2.05, 4.69) is 43.4 Å². The first-order valence-electron chi connectivity index (χ1n) is 8.24. The highest BCUT2D eigenvalue weighted by Crippen LogP contribution is 2.36. The number of nitrogens with one attached hydrogen (secondary N) is 1. The van der Waals surface area contributed by atoms with Crippen LogP contribution in [-0.4, -0.2) is 17.6 Å². The van der Waals surface area contributed by atoms with Crippen molar-refractivity contribution in [3.05, 3.63) is 16.1 Å². The van der Waals surface area contributed by atoms with Gasteiger partial charge in [0.1, 0.15) is 0 Å². The maximum absolute atomic E-state index is 4.68. The summed E-state index contributed by atoms with van der Waals surface area (Å²) in [5.74, 6) is 2.50. The van der Waals surface area contributed by atoms with Gasteiger partial charge in [-0.3, -0.25) is 0 Å². The van der Waals surface area contributed by atoms with Gasteiger partial charge in [-0.2, -0.15) is 0 Å². The molecule has 1 aliphatic rings. The van der Waals surface area contributed by atoms with Crippen LogP contribution in [0.25, 0.3) is 0 Å². The molecule has 1 saturated carbocycles. The molecule has 3 unspecified atom stereocenters. The number of rotatable bonds is 6. The van der Waals surface area contributed by atoms with Gasteiger partial charge in [-0.25, -0.2) is 4.98 Å². The van der Waals surface area contributed by atoms with Crippen molar-refractivity contribution in [2.24, 2.45) is 17.8 Å². The molecule has 1 fully saturated rings. The Hall–Kier alpha value is -0.410. The van der Waals surface area contributed by atoms with E-state index in [0.29, 0.717) is 6.04 Å². The third-order valence-electron chi connectivity index (χ3n) is 4.73. The number of hydrogen-bond donors (Lipinski definition) is 1. The molecule has 0 aliphatic heterocycles. The summed E-state index contributed by atoms with van der Waals surface area (Å²) in [6, 6.07) is 0.703. The van der Waals surface area contributed by atoms with Gasteiger partial charge in [0.15, 0.2) is 0 Å². The highest BCUT2D eigenvalue weighted by molar-refractivity contribution is 7.09. The van der Waals surface area contributed by atoms with Gasteiger partial charge in [0, 0.05) is 23.5 Å². The van der Waals surface area contributed by atoms with Crippen LogP contribution in [0, 0.1) is 24.7 Å². The Morgan fingerprint density at radius 2 is 2.20 bits per heavy atom. The van der Waals surface area contributed by atoms with E-state index in [1.807, 2.05) is 11.3 Å². The molecule has 0 saturated heterocycles. The average molecular weight is 295 g/mol. The van der Waals surface area contributed by atoms with Gasteiger partial charge in [-0.05, 0) is 56.9 Å². The van der Waals surface area contributed by atoms with Crippen LogP contribution in [0.4, 0.5) is 0 Å². The van der Waals surface area contributed by atoms with E-state index in [1.165, 1.54) is 42.8 Å². The van der Waals surface area contributed by atoms with Gasteiger partial charge < -0.3 is 5.32 Å². The molecule has 0 bridgehead atoms. The Morgan fingerprint density at radius 3 is 2.80 bits per heavy atom. The molecule has 1 aliphatic carbocycles. The lowest BCUT2D eigenvalue weighted by molar-refractivity contribution is 0.167. The van der Waals surface area contributed by atoms with Gasteiger partial charge in [0.2, 0.25) is 0 Å². The second-order valence-corrected chi connectivity index (χ2v) is 7.67. The van der Waals surface area contributed by atoms with Crippen molar-refractivity contribution >= 4 is 11.3 Å². The quantitative estimate of drug-likeness (QED) is 0.839. The van der Waals surface area contributed by atoms with Crippen molar-refractivity contribution in [1.29, 1.82) is 0 Å². The minimum absolute atomic E-state index is 0.703. The van der Waals surface area contributed by atoms with Crippen molar-refractivity contribution in [3.63, 3.8) is 0 Å². The predicted octanol–water partition coefficient (Wildman–Crippen LogP) is 4.43. The lowest BCUT2D eigenvalue weighted by Crippen LogP contribution is -2.42. The monoisotopic (exact) mass is 294 g/mol. The zero-order valence-corrected chi connectivity index (χ0v) is 14.3. The van der Waals surface area contributed by atoms with Crippen LogP contribution >= 0.6 is 11.3 Å². The summed E-state index contributed by atoms with van der Waals surface area (Å²) in [6.07, 6.45) is 6.51. The predicted molar refractivity (Wildman–Crippen MR) is 88.3 cm³/mol. The van der Waals surface area contributed by atoms with Crippen molar-refractivity contribution in [2.45, 2.75) is 65.8 Å². The molecule has 20 heavy (non-hydrogen) atoms. The largest absolute Gasteiger partial charge is 0.314 e. The number of thiazole rings is 1. The molecule has 2 nitrogen and oxygen atoms in total. The number of aromatic nitrogens is 1. The lowest BCUT2D eigenvalue weighted by Gasteiger charge is -2.38. The van der Waals surface area contributed by atoms with Crippen LogP contribution < -0.4 is 5.32 Å². The molecule has 1 N–H and O–H groups in total. The number of nitrogens with zero attached hydrogens (tertiary/aromatic N) is 1. The molecule has 0 radical (unpaired) electrons. The molecule has 1 heterocycles. The molecule has 2 rings (SSSR count). The van der Waals surface area contributed by atoms with Crippen molar-refractivity contribution in [1.82, 2.24) is 10.3 Å². The minimum Gasteiger partial charge on any atom is -0.314 e. The van der Waals surface area contributed by atoms with Crippen LogP contribution in [0.15, 0.2) is 5.38 Å². The van der Waals surface area contributed by atoms with Gasteiger partial charge in [0.25, 0.3) is 0 Å². The van der Waals surface area contributed by atoms with Gasteiger partial charge in [0.05, 0.1) is 5.01 Å². The molecule has 114 valence electrons. The summed E-state index contributed by atoms with van der Waals surface area (Å²) in [5.41, 5.74) is 1.18. The molecule has 0 aromatic carbocycles. The number of hydrogen-bond acceptors (Lipinski definition) is 3. The summed E-state index contributed by atoms with van der Waals surface area (Å²) in [5, 5.41) is 7.31. The maximum Gasteiger partial charge on any atom is 0.0931 e. The smallest absolute Gasteiger partial charge is 0.0931 e.